The number of aliphatic hydroxyl groups excluding tert-OH is 1. The quantitative estimate of drug-likeness (QED) is 0.752. The van der Waals surface area contributed by atoms with Gasteiger partial charge in [0.2, 0.25) is 11.8 Å². The van der Waals surface area contributed by atoms with E-state index >= 15 is 0 Å². The van der Waals surface area contributed by atoms with Gasteiger partial charge in [0.05, 0.1) is 25.7 Å². The Hall–Kier alpha value is -2.08. The van der Waals surface area contributed by atoms with E-state index in [0.717, 1.165) is 24.2 Å². The molecule has 2 N–H and O–H groups in total. The van der Waals surface area contributed by atoms with Crippen molar-refractivity contribution < 1.29 is 19.4 Å². The first kappa shape index (κ1) is 19.2. The molecule has 1 heterocycles. The van der Waals surface area contributed by atoms with Crippen LogP contribution in [0.4, 0.5) is 0 Å². The molecule has 0 aromatic heterocycles. The Morgan fingerprint density at radius 3 is 2.64 bits per heavy atom. The molecule has 0 bridgehead atoms. The van der Waals surface area contributed by atoms with Gasteiger partial charge in [-0.15, -0.1) is 0 Å². The van der Waals surface area contributed by atoms with Crippen LogP contribution < -0.4 is 10.1 Å². The zero-order valence-corrected chi connectivity index (χ0v) is 15.2. The van der Waals surface area contributed by atoms with Gasteiger partial charge in [0.1, 0.15) is 5.75 Å². The van der Waals surface area contributed by atoms with Crippen molar-refractivity contribution in [2.45, 2.75) is 45.2 Å². The molecule has 1 aliphatic rings. The number of hydrogen-bond acceptors (Lipinski definition) is 4. The third-order valence-electron chi connectivity index (χ3n) is 4.64. The molecule has 1 aromatic carbocycles. The van der Waals surface area contributed by atoms with Gasteiger partial charge in [-0.05, 0) is 31.0 Å². The van der Waals surface area contributed by atoms with Gasteiger partial charge in [-0.2, -0.15) is 0 Å². The van der Waals surface area contributed by atoms with Crippen LogP contribution in [0.2, 0.25) is 0 Å². The Bertz CT molecular complexity index is 588. The van der Waals surface area contributed by atoms with Crippen molar-refractivity contribution in [1.29, 1.82) is 0 Å². The van der Waals surface area contributed by atoms with Crippen molar-refractivity contribution in [3.63, 3.8) is 0 Å². The van der Waals surface area contributed by atoms with Gasteiger partial charge in [-0.25, -0.2) is 0 Å². The molecule has 2 amide bonds. The van der Waals surface area contributed by atoms with Crippen LogP contribution >= 0.6 is 0 Å². The van der Waals surface area contributed by atoms with E-state index in [1.165, 1.54) is 0 Å². The minimum Gasteiger partial charge on any atom is -0.497 e. The molecule has 6 nitrogen and oxygen atoms in total. The van der Waals surface area contributed by atoms with E-state index in [-0.39, 0.29) is 36.9 Å². The van der Waals surface area contributed by atoms with Gasteiger partial charge in [0.15, 0.2) is 0 Å². The fourth-order valence-electron chi connectivity index (χ4n) is 3.23. The summed E-state index contributed by atoms with van der Waals surface area (Å²) in [5.41, 5.74) is 0.930. The van der Waals surface area contributed by atoms with Crippen LogP contribution in [0.1, 0.15) is 44.7 Å². The number of carbonyl (C=O) groups excluding carboxylic acids is 2. The second kappa shape index (κ2) is 8.85. The highest BCUT2D eigenvalue weighted by atomic mass is 16.5. The molecule has 6 heteroatoms. The van der Waals surface area contributed by atoms with Crippen LogP contribution in [0.5, 0.6) is 5.75 Å². The van der Waals surface area contributed by atoms with Gasteiger partial charge in [-0.3, -0.25) is 9.59 Å². The van der Waals surface area contributed by atoms with Crippen molar-refractivity contribution in [2.24, 2.45) is 5.92 Å². The summed E-state index contributed by atoms with van der Waals surface area (Å²) in [6.07, 6.45) is 2.09. The number of methoxy groups -OCH3 is 1. The van der Waals surface area contributed by atoms with E-state index in [2.05, 4.69) is 12.2 Å². The number of ether oxygens (including phenoxy) is 1. The fraction of sp³-hybridized carbons (Fsp3) is 0.579. The zero-order chi connectivity index (χ0) is 18.4. The summed E-state index contributed by atoms with van der Waals surface area (Å²) in [7, 11) is 1.61. The largest absolute Gasteiger partial charge is 0.497 e. The maximum Gasteiger partial charge on any atom is 0.226 e. The number of unbranched alkanes of at least 4 members (excludes halogenated alkanes) is 1. The average Bonchev–Trinajstić information content (AvgIpc) is 2.96. The Labute approximate surface area is 149 Å². The van der Waals surface area contributed by atoms with E-state index in [1.807, 2.05) is 29.2 Å². The predicted molar refractivity (Wildman–Crippen MR) is 95.2 cm³/mol. The summed E-state index contributed by atoms with van der Waals surface area (Å²) in [6, 6.07) is 6.91. The Kier molecular flexibility index (Phi) is 6.82. The monoisotopic (exact) mass is 348 g/mol. The lowest BCUT2D eigenvalue weighted by Gasteiger charge is -2.29. The first-order valence-electron chi connectivity index (χ1n) is 8.86. The predicted octanol–water partition coefficient (Wildman–Crippen LogP) is 1.88. The van der Waals surface area contributed by atoms with Crippen LogP contribution in [-0.2, 0) is 9.59 Å². The van der Waals surface area contributed by atoms with E-state index in [0.29, 0.717) is 6.54 Å². The zero-order valence-electron chi connectivity index (χ0n) is 15.2. The number of carbonyl (C=O) groups is 2. The van der Waals surface area contributed by atoms with Crippen LogP contribution in [0, 0.1) is 5.92 Å². The SMILES string of the molecule is CCCCN1C(=O)CC(C(=O)NC(C)CO)C1c1ccc(OC)cc1. The number of rotatable bonds is 8. The molecule has 3 atom stereocenters. The lowest BCUT2D eigenvalue weighted by molar-refractivity contribution is -0.129. The second-order valence-corrected chi connectivity index (χ2v) is 6.56. The topological polar surface area (TPSA) is 78.9 Å². The van der Waals surface area contributed by atoms with Gasteiger partial charge in [-0.1, -0.05) is 25.5 Å². The molecule has 0 spiro atoms. The molecular formula is C19H28N2O4. The number of benzene rings is 1. The second-order valence-electron chi connectivity index (χ2n) is 6.56. The summed E-state index contributed by atoms with van der Waals surface area (Å²) in [5, 5.41) is 12.0. The summed E-state index contributed by atoms with van der Waals surface area (Å²) in [5.74, 6) is 0.107. The molecular weight excluding hydrogens is 320 g/mol. The minimum atomic E-state index is -0.452. The van der Waals surface area contributed by atoms with Gasteiger partial charge in [0.25, 0.3) is 0 Å². The summed E-state index contributed by atoms with van der Waals surface area (Å²) in [6.45, 7) is 4.34. The fourth-order valence-corrected chi connectivity index (χ4v) is 3.23. The molecule has 0 aliphatic carbocycles. The molecule has 3 unspecified atom stereocenters. The summed E-state index contributed by atoms with van der Waals surface area (Å²) < 4.78 is 5.20. The van der Waals surface area contributed by atoms with Crippen LogP contribution in [-0.4, -0.2) is 48.1 Å². The van der Waals surface area contributed by atoms with Crippen LogP contribution in [0.25, 0.3) is 0 Å². The van der Waals surface area contributed by atoms with Crippen molar-refractivity contribution >= 4 is 11.8 Å². The highest BCUT2D eigenvalue weighted by molar-refractivity contribution is 5.90. The number of likely N-dealkylation sites (tertiary alicyclic amines) is 1. The van der Waals surface area contributed by atoms with Crippen LogP contribution in [0.15, 0.2) is 24.3 Å². The smallest absolute Gasteiger partial charge is 0.226 e. The standard InChI is InChI=1S/C19H28N2O4/c1-4-5-10-21-17(23)11-16(19(24)20-13(2)12-22)18(21)14-6-8-15(25-3)9-7-14/h6-9,13,16,18,22H,4-5,10-12H2,1-3H3,(H,20,24). The third kappa shape index (κ3) is 4.51. The maximum atomic E-state index is 12.7. The molecule has 1 saturated heterocycles. The molecule has 25 heavy (non-hydrogen) atoms. The summed E-state index contributed by atoms with van der Waals surface area (Å²) >= 11 is 0. The molecule has 0 radical (unpaired) electrons. The Morgan fingerprint density at radius 1 is 1.40 bits per heavy atom. The molecule has 138 valence electrons. The van der Waals surface area contributed by atoms with Crippen molar-refractivity contribution in [1.82, 2.24) is 10.2 Å². The summed E-state index contributed by atoms with van der Waals surface area (Å²) in [4.78, 5) is 27.0. The minimum absolute atomic E-state index is 0.00562. The number of hydrogen-bond donors (Lipinski definition) is 2. The number of aliphatic hydroxyl groups is 1. The lowest BCUT2D eigenvalue weighted by atomic mass is 9.92. The van der Waals surface area contributed by atoms with Gasteiger partial charge in [0, 0.05) is 19.0 Å². The van der Waals surface area contributed by atoms with E-state index in [4.69, 9.17) is 4.74 Å². The number of nitrogens with one attached hydrogen (secondary N) is 1. The molecule has 1 aromatic rings. The highest BCUT2D eigenvalue weighted by Crippen LogP contribution is 2.39. The lowest BCUT2D eigenvalue weighted by Crippen LogP contribution is -2.41. The van der Waals surface area contributed by atoms with Crippen molar-refractivity contribution in [3.05, 3.63) is 29.8 Å². The van der Waals surface area contributed by atoms with E-state index < -0.39 is 5.92 Å². The highest BCUT2D eigenvalue weighted by Gasteiger charge is 2.44. The third-order valence-corrected chi connectivity index (χ3v) is 4.64. The van der Waals surface area contributed by atoms with Gasteiger partial charge < -0.3 is 20.1 Å². The normalized spacial score (nSPS) is 21.3. The van der Waals surface area contributed by atoms with E-state index in [1.54, 1.807) is 14.0 Å². The number of amides is 2. The molecule has 1 aliphatic heterocycles. The maximum absolute atomic E-state index is 12.7. The van der Waals surface area contributed by atoms with Crippen molar-refractivity contribution in [2.75, 3.05) is 20.3 Å². The first-order valence-corrected chi connectivity index (χ1v) is 8.86. The average molecular weight is 348 g/mol. The Balaban J connectivity index is 2.29. The van der Waals surface area contributed by atoms with Gasteiger partial charge >= 0.3 is 0 Å². The van der Waals surface area contributed by atoms with E-state index in [9.17, 15) is 14.7 Å². The van der Waals surface area contributed by atoms with Crippen LogP contribution in [0.3, 0.4) is 0 Å². The Morgan fingerprint density at radius 2 is 2.08 bits per heavy atom. The molecule has 0 saturated carbocycles. The van der Waals surface area contributed by atoms with Crippen molar-refractivity contribution in [3.8, 4) is 5.75 Å². The molecule has 1 fully saturated rings. The number of nitrogens with zero attached hydrogens (tertiary/aromatic N) is 1. The first-order chi connectivity index (χ1) is 12.0. The molecule has 2 rings (SSSR count).